The van der Waals surface area contributed by atoms with Gasteiger partial charge in [-0.05, 0) is 23.3 Å². The molecule has 0 radical (unpaired) electrons. The number of carbonyl (C=O) groups is 1. The van der Waals surface area contributed by atoms with Crippen LogP contribution in [0.25, 0.3) is 21.3 Å². The second-order valence-electron chi connectivity index (χ2n) is 7.05. The molecule has 2 heterocycles. The number of nitrogens with one attached hydrogen (secondary N) is 1. The van der Waals surface area contributed by atoms with Crippen molar-refractivity contribution in [3.8, 4) is 16.9 Å². The summed E-state index contributed by atoms with van der Waals surface area (Å²) in [6, 6.07) is 16.9. The third kappa shape index (κ3) is 4.02. The molecule has 0 aliphatic rings. The molecule has 158 valence electrons. The SMILES string of the molecule is COc1ccc(-c2csc3c2c(=O)n(C)c(=O)n3CC(=O)NCc2ccccc2)cc1. The van der Waals surface area contributed by atoms with Crippen LogP contribution in [0.15, 0.2) is 69.6 Å². The number of thiophene rings is 1. The van der Waals surface area contributed by atoms with Gasteiger partial charge in [-0.2, -0.15) is 0 Å². The standard InChI is InChI=1S/C23H21N3O4S/c1-25-21(28)20-18(16-8-10-17(30-2)11-9-16)14-31-22(20)26(23(25)29)13-19(27)24-12-15-6-4-3-5-7-15/h3-11,14H,12-13H2,1-2H3,(H,24,27). The van der Waals surface area contributed by atoms with Crippen LogP contribution in [0, 0.1) is 0 Å². The van der Waals surface area contributed by atoms with Crippen molar-refractivity contribution in [3.63, 3.8) is 0 Å². The van der Waals surface area contributed by atoms with Gasteiger partial charge < -0.3 is 10.1 Å². The molecule has 0 saturated carbocycles. The average Bonchev–Trinajstić information content (AvgIpc) is 3.25. The topological polar surface area (TPSA) is 82.3 Å². The predicted molar refractivity (Wildman–Crippen MR) is 122 cm³/mol. The van der Waals surface area contributed by atoms with Crippen molar-refractivity contribution in [2.75, 3.05) is 7.11 Å². The van der Waals surface area contributed by atoms with Crippen LogP contribution in [-0.2, 0) is 24.9 Å². The molecule has 8 heteroatoms. The van der Waals surface area contributed by atoms with E-state index in [1.807, 2.05) is 60.0 Å². The molecule has 0 atom stereocenters. The summed E-state index contributed by atoms with van der Waals surface area (Å²) in [4.78, 5) is 38.7. The summed E-state index contributed by atoms with van der Waals surface area (Å²) in [5.74, 6) is 0.411. The molecule has 0 spiro atoms. The molecule has 0 saturated heterocycles. The third-order valence-corrected chi connectivity index (χ3v) is 6.09. The molecular formula is C23H21N3O4S. The number of nitrogens with zero attached hydrogens (tertiary/aromatic N) is 2. The Morgan fingerprint density at radius 3 is 2.45 bits per heavy atom. The third-order valence-electron chi connectivity index (χ3n) is 5.09. The first-order valence-corrected chi connectivity index (χ1v) is 10.5. The Bertz CT molecular complexity index is 1350. The molecule has 2 aromatic carbocycles. The van der Waals surface area contributed by atoms with Crippen LogP contribution in [0.1, 0.15) is 5.56 Å². The summed E-state index contributed by atoms with van der Waals surface area (Å²) in [5.41, 5.74) is 1.62. The number of rotatable bonds is 6. The van der Waals surface area contributed by atoms with E-state index in [0.29, 0.717) is 22.5 Å². The second kappa shape index (κ2) is 8.61. The lowest BCUT2D eigenvalue weighted by Gasteiger charge is -2.11. The van der Waals surface area contributed by atoms with E-state index in [-0.39, 0.29) is 18.0 Å². The van der Waals surface area contributed by atoms with E-state index in [1.54, 1.807) is 7.11 Å². The van der Waals surface area contributed by atoms with E-state index >= 15 is 0 Å². The first-order valence-electron chi connectivity index (χ1n) is 9.65. The molecule has 31 heavy (non-hydrogen) atoms. The van der Waals surface area contributed by atoms with Gasteiger partial charge in [0.1, 0.15) is 17.1 Å². The Labute approximate surface area is 182 Å². The highest BCUT2D eigenvalue weighted by Crippen LogP contribution is 2.32. The van der Waals surface area contributed by atoms with Gasteiger partial charge in [0.25, 0.3) is 5.56 Å². The number of benzene rings is 2. The number of hydrogen-bond acceptors (Lipinski definition) is 5. The van der Waals surface area contributed by atoms with Crippen LogP contribution in [0.2, 0.25) is 0 Å². The van der Waals surface area contributed by atoms with Gasteiger partial charge in [-0.25, -0.2) is 4.79 Å². The second-order valence-corrected chi connectivity index (χ2v) is 7.91. The first kappa shape index (κ1) is 20.6. The molecule has 1 amide bonds. The Morgan fingerprint density at radius 2 is 1.77 bits per heavy atom. The largest absolute Gasteiger partial charge is 0.497 e. The molecular weight excluding hydrogens is 414 g/mol. The fraction of sp³-hybridized carbons (Fsp3) is 0.174. The molecule has 7 nitrogen and oxygen atoms in total. The molecule has 0 aliphatic carbocycles. The van der Waals surface area contributed by atoms with Crippen molar-refractivity contribution < 1.29 is 9.53 Å². The van der Waals surface area contributed by atoms with Crippen molar-refractivity contribution in [2.24, 2.45) is 7.05 Å². The lowest BCUT2D eigenvalue weighted by Crippen LogP contribution is -2.40. The number of fused-ring (bicyclic) bond motifs is 1. The van der Waals surface area contributed by atoms with Crippen molar-refractivity contribution in [1.82, 2.24) is 14.5 Å². The van der Waals surface area contributed by atoms with Crippen LogP contribution in [0.5, 0.6) is 5.75 Å². The van der Waals surface area contributed by atoms with Crippen molar-refractivity contribution in [2.45, 2.75) is 13.1 Å². The van der Waals surface area contributed by atoms with Crippen molar-refractivity contribution in [1.29, 1.82) is 0 Å². The zero-order valence-electron chi connectivity index (χ0n) is 17.1. The zero-order chi connectivity index (χ0) is 22.0. The van der Waals surface area contributed by atoms with Crippen molar-refractivity contribution in [3.05, 3.63) is 86.4 Å². The smallest absolute Gasteiger partial charge is 0.332 e. The Hall–Kier alpha value is -3.65. The quantitative estimate of drug-likeness (QED) is 0.505. The fourth-order valence-electron chi connectivity index (χ4n) is 3.39. The highest BCUT2D eigenvalue weighted by molar-refractivity contribution is 7.17. The van der Waals surface area contributed by atoms with Gasteiger partial charge in [-0.1, -0.05) is 42.5 Å². The van der Waals surface area contributed by atoms with Gasteiger partial charge in [0, 0.05) is 24.5 Å². The van der Waals surface area contributed by atoms with E-state index in [1.165, 1.54) is 23.0 Å². The van der Waals surface area contributed by atoms with Crippen LogP contribution < -0.4 is 21.3 Å². The first-order chi connectivity index (χ1) is 15.0. The van der Waals surface area contributed by atoms with Gasteiger partial charge >= 0.3 is 5.69 Å². The van der Waals surface area contributed by atoms with E-state index in [4.69, 9.17) is 4.74 Å². The zero-order valence-corrected chi connectivity index (χ0v) is 17.9. The molecule has 2 aromatic heterocycles. The summed E-state index contributed by atoms with van der Waals surface area (Å²) in [7, 11) is 3.02. The summed E-state index contributed by atoms with van der Waals surface area (Å²) >= 11 is 1.28. The van der Waals surface area contributed by atoms with Gasteiger partial charge in [-0.3, -0.25) is 18.7 Å². The van der Waals surface area contributed by atoms with Crippen LogP contribution in [-0.4, -0.2) is 22.2 Å². The minimum absolute atomic E-state index is 0.168. The molecule has 1 N–H and O–H groups in total. The lowest BCUT2D eigenvalue weighted by molar-refractivity contribution is -0.121. The normalized spacial score (nSPS) is 10.9. The highest BCUT2D eigenvalue weighted by Gasteiger charge is 2.19. The Morgan fingerprint density at radius 1 is 1.06 bits per heavy atom. The maximum absolute atomic E-state index is 12.9. The Kier molecular flexibility index (Phi) is 5.73. The predicted octanol–water partition coefficient (Wildman–Crippen LogP) is 2.75. The number of ether oxygens (including phenoxy) is 1. The van der Waals surface area contributed by atoms with E-state index in [0.717, 1.165) is 21.3 Å². The van der Waals surface area contributed by atoms with Gasteiger partial charge in [0.15, 0.2) is 0 Å². The average molecular weight is 436 g/mol. The number of amides is 1. The number of hydrogen-bond donors (Lipinski definition) is 1. The molecule has 0 bridgehead atoms. The minimum Gasteiger partial charge on any atom is -0.497 e. The van der Waals surface area contributed by atoms with Gasteiger partial charge in [-0.15, -0.1) is 11.3 Å². The molecule has 0 fully saturated rings. The van der Waals surface area contributed by atoms with Gasteiger partial charge in [0.2, 0.25) is 5.91 Å². The van der Waals surface area contributed by atoms with Crippen LogP contribution in [0.3, 0.4) is 0 Å². The maximum Gasteiger partial charge on any atom is 0.332 e. The number of methoxy groups -OCH3 is 1. The highest BCUT2D eigenvalue weighted by atomic mass is 32.1. The Balaban J connectivity index is 1.70. The van der Waals surface area contributed by atoms with E-state index < -0.39 is 5.69 Å². The monoisotopic (exact) mass is 435 g/mol. The van der Waals surface area contributed by atoms with Crippen LogP contribution >= 0.6 is 11.3 Å². The molecule has 4 aromatic rings. The summed E-state index contributed by atoms with van der Waals surface area (Å²) in [6.07, 6.45) is 0. The van der Waals surface area contributed by atoms with Crippen molar-refractivity contribution >= 4 is 27.5 Å². The van der Waals surface area contributed by atoms with E-state index in [9.17, 15) is 14.4 Å². The lowest BCUT2D eigenvalue weighted by atomic mass is 10.1. The minimum atomic E-state index is -0.518. The van der Waals surface area contributed by atoms with Gasteiger partial charge in [0.05, 0.1) is 12.5 Å². The molecule has 0 unspecified atom stereocenters. The van der Waals surface area contributed by atoms with Crippen LogP contribution in [0.4, 0.5) is 0 Å². The fourth-order valence-corrected chi connectivity index (χ4v) is 4.46. The molecule has 4 rings (SSSR count). The summed E-state index contributed by atoms with van der Waals surface area (Å²) in [6.45, 7) is 0.198. The summed E-state index contributed by atoms with van der Waals surface area (Å²) < 4.78 is 7.60. The summed E-state index contributed by atoms with van der Waals surface area (Å²) in [5, 5.41) is 5.09. The van der Waals surface area contributed by atoms with E-state index in [2.05, 4.69) is 5.32 Å². The number of aromatic nitrogens is 2. The molecule has 0 aliphatic heterocycles. The number of carbonyl (C=O) groups excluding carboxylic acids is 1. The maximum atomic E-state index is 12.9.